The monoisotopic (exact) mass is 288 g/mol. The zero-order valence-corrected chi connectivity index (χ0v) is 12.0. The van der Waals surface area contributed by atoms with E-state index in [4.69, 9.17) is 0 Å². The molecule has 1 heterocycles. The van der Waals surface area contributed by atoms with Crippen molar-refractivity contribution in [1.29, 1.82) is 0 Å². The maximum atomic E-state index is 13.0. The molecular formula is C13H19F3N4. The van der Waals surface area contributed by atoms with Crippen molar-refractivity contribution in [2.45, 2.75) is 50.7 Å². The number of alkyl halides is 3. The molecule has 0 bridgehead atoms. The molecule has 0 aromatic carbocycles. The lowest BCUT2D eigenvalue weighted by Crippen LogP contribution is -2.39. The molecule has 0 spiro atoms. The fourth-order valence-electron chi connectivity index (χ4n) is 1.82. The van der Waals surface area contributed by atoms with Crippen LogP contribution in [0.25, 0.3) is 0 Å². The Hall–Kier alpha value is -1.53. The van der Waals surface area contributed by atoms with E-state index in [1.54, 1.807) is 7.05 Å². The number of nitrogens with one attached hydrogen (secondary N) is 2. The lowest BCUT2D eigenvalue weighted by atomic mass is 9.96. The molecule has 0 amide bonds. The zero-order chi connectivity index (χ0) is 15.2. The van der Waals surface area contributed by atoms with Gasteiger partial charge in [0.2, 0.25) is 0 Å². The van der Waals surface area contributed by atoms with Gasteiger partial charge >= 0.3 is 6.18 Å². The predicted octanol–water partition coefficient (Wildman–Crippen LogP) is 3.32. The van der Waals surface area contributed by atoms with Gasteiger partial charge in [-0.05, 0) is 12.8 Å². The molecule has 0 saturated heterocycles. The molecule has 4 nitrogen and oxygen atoms in total. The standard InChI is InChI=1S/C13H19F3N4/c1-11(2,3)10-18-8(17-4)7-9(19-10)20-12(5-6-12)13(14,15)16/h7H,5-6H2,1-4H3,(H2,17,18,19,20). The van der Waals surface area contributed by atoms with Crippen LogP contribution in [0.5, 0.6) is 0 Å². The summed E-state index contributed by atoms with van der Waals surface area (Å²) >= 11 is 0. The van der Waals surface area contributed by atoms with Crippen LogP contribution in [0.3, 0.4) is 0 Å². The Bertz CT molecular complexity index is 501. The minimum absolute atomic E-state index is 0.0836. The quantitative estimate of drug-likeness (QED) is 0.896. The van der Waals surface area contributed by atoms with Crippen LogP contribution in [0.4, 0.5) is 24.8 Å². The number of rotatable bonds is 3. The highest BCUT2D eigenvalue weighted by atomic mass is 19.4. The Balaban J connectivity index is 2.33. The molecule has 1 aromatic rings. The number of aromatic nitrogens is 2. The molecule has 112 valence electrons. The van der Waals surface area contributed by atoms with E-state index >= 15 is 0 Å². The van der Waals surface area contributed by atoms with E-state index in [0.717, 1.165) is 0 Å². The highest BCUT2D eigenvalue weighted by Crippen LogP contribution is 2.51. The molecule has 1 aliphatic rings. The van der Waals surface area contributed by atoms with Gasteiger partial charge in [0.25, 0.3) is 0 Å². The predicted molar refractivity (Wildman–Crippen MR) is 71.9 cm³/mol. The van der Waals surface area contributed by atoms with E-state index in [9.17, 15) is 13.2 Å². The molecule has 1 saturated carbocycles. The summed E-state index contributed by atoms with van der Waals surface area (Å²) in [5, 5.41) is 5.39. The Morgan fingerprint density at radius 2 is 1.65 bits per heavy atom. The normalized spacial score (nSPS) is 17.8. The average molecular weight is 288 g/mol. The van der Waals surface area contributed by atoms with Gasteiger partial charge in [-0.25, -0.2) is 9.97 Å². The largest absolute Gasteiger partial charge is 0.411 e. The van der Waals surface area contributed by atoms with E-state index in [2.05, 4.69) is 20.6 Å². The molecule has 20 heavy (non-hydrogen) atoms. The number of hydrogen-bond acceptors (Lipinski definition) is 4. The van der Waals surface area contributed by atoms with Crippen molar-refractivity contribution in [2.24, 2.45) is 0 Å². The van der Waals surface area contributed by atoms with Gasteiger partial charge in [0.05, 0.1) is 0 Å². The van der Waals surface area contributed by atoms with E-state index in [0.29, 0.717) is 11.6 Å². The van der Waals surface area contributed by atoms with Gasteiger partial charge < -0.3 is 10.6 Å². The Morgan fingerprint density at radius 3 is 2.05 bits per heavy atom. The molecule has 0 aliphatic heterocycles. The number of anilines is 2. The first-order valence-corrected chi connectivity index (χ1v) is 6.50. The fourth-order valence-corrected chi connectivity index (χ4v) is 1.82. The first-order chi connectivity index (χ1) is 9.07. The summed E-state index contributed by atoms with van der Waals surface area (Å²) in [5.74, 6) is 1.22. The van der Waals surface area contributed by atoms with Crippen LogP contribution in [0, 0.1) is 0 Å². The van der Waals surface area contributed by atoms with Crippen molar-refractivity contribution in [1.82, 2.24) is 9.97 Å². The van der Waals surface area contributed by atoms with Crippen molar-refractivity contribution < 1.29 is 13.2 Å². The van der Waals surface area contributed by atoms with Crippen LogP contribution in [0.1, 0.15) is 39.4 Å². The van der Waals surface area contributed by atoms with Gasteiger partial charge in [0.1, 0.15) is 23.0 Å². The summed E-state index contributed by atoms with van der Waals surface area (Å²) in [6.45, 7) is 5.76. The van der Waals surface area contributed by atoms with E-state index < -0.39 is 11.7 Å². The van der Waals surface area contributed by atoms with Crippen LogP contribution in [-0.4, -0.2) is 28.7 Å². The van der Waals surface area contributed by atoms with Crippen LogP contribution in [-0.2, 0) is 5.41 Å². The third kappa shape index (κ3) is 2.81. The van der Waals surface area contributed by atoms with E-state index in [1.807, 2.05) is 20.8 Å². The molecule has 7 heteroatoms. The summed E-state index contributed by atoms with van der Waals surface area (Å²) in [6, 6.07) is 1.50. The van der Waals surface area contributed by atoms with Crippen molar-refractivity contribution in [3.05, 3.63) is 11.9 Å². The van der Waals surface area contributed by atoms with Gasteiger partial charge in [-0.15, -0.1) is 0 Å². The first kappa shape index (κ1) is 14.9. The second-order valence-corrected chi connectivity index (χ2v) is 6.17. The summed E-state index contributed by atoms with van der Waals surface area (Å²) in [5.41, 5.74) is -2.15. The van der Waals surface area contributed by atoms with Gasteiger partial charge in [-0.3, -0.25) is 0 Å². The van der Waals surface area contributed by atoms with Crippen molar-refractivity contribution >= 4 is 11.6 Å². The minimum Gasteiger partial charge on any atom is -0.373 e. The van der Waals surface area contributed by atoms with Crippen molar-refractivity contribution in [2.75, 3.05) is 17.7 Å². The van der Waals surface area contributed by atoms with Crippen LogP contribution < -0.4 is 10.6 Å². The lowest BCUT2D eigenvalue weighted by molar-refractivity contribution is -0.151. The van der Waals surface area contributed by atoms with Crippen LogP contribution in [0.15, 0.2) is 6.07 Å². The molecule has 1 fully saturated rings. The van der Waals surface area contributed by atoms with Crippen LogP contribution >= 0.6 is 0 Å². The average Bonchev–Trinajstić information content (AvgIpc) is 3.07. The minimum atomic E-state index is -4.26. The Labute approximate surface area is 116 Å². The third-order valence-corrected chi connectivity index (χ3v) is 3.31. The SMILES string of the molecule is CNc1cc(NC2(C(F)(F)F)CC2)nc(C(C)(C)C)n1. The number of halogens is 3. The van der Waals surface area contributed by atoms with Gasteiger partial charge in [0.15, 0.2) is 0 Å². The third-order valence-electron chi connectivity index (χ3n) is 3.31. The summed E-state index contributed by atoms with van der Waals surface area (Å²) in [4.78, 5) is 8.52. The van der Waals surface area contributed by atoms with E-state index in [-0.39, 0.29) is 24.1 Å². The summed E-state index contributed by atoms with van der Waals surface area (Å²) in [7, 11) is 1.68. The highest BCUT2D eigenvalue weighted by molar-refractivity contribution is 5.51. The highest BCUT2D eigenvalue weighted by Gasteiger charge is 2.63. The molecule has 0 radical (unpaired) electrons. The zero-order valence-electron chi connectivity index (χ0n) is 12.0. The summed E-state index contributed by atoms with van der Waals surface area (Å²) < 4.78 is 38.9. The second kappa shape index (κ2) is 4.49. The molecule has 2 N–H and O–H groups in total. The molecule has 0 unspecified atom stereocenters. The molecular weight excluding hydrogens is 269 g/mol. The molecule has 1 aliphatic carbocycles. The second-order valence-electron chi connectivity index (χ2n) is 6.17. The number of nitrogens with zero attached hydrogens (tertiary/aromatic N) is 2. The maximum absolute atomic E-state index is 13.0. The topological polar surface area (TPSA) is 49.8 Å². The maximum Gasteiger partial charge on any atom is 0.411 e. The first-order valence-electron chi connectivity index (χ1n) is 6.50. The Morgan fingerprint density at radius 1 is 1.10 bits per heavy atom. The van der Waals surface area contributed by atoms with Gasteiger partial charge in [0, 0.05) is 18.5 Å². The molecule has 0 atom stereocenters. The Kier molecular flexibility index (Phi) is 3.34. The smallest absolute Gasteiger partial charge is 0.373 e. The fraction of sp³-hybridized carbons (Fsp3) is 0.692. The van der Waals surface area contributed by atoms with E-state index in [1.165, 1.54) is 6.07 Å². The van der Waals surface area contributed by atoms with Crippen LogP contribution in [0.2, 0.25) is 0 Å². The van der Waals surface area contributed by atoms with Crippen molar-refractivity contribution in [3.63, 3.8) is 0 Å². The lowest BCUT2D eigenvalue weighted by Gasteiger charge is -2.23. The number of hydrogen-bond donors (Lipinski definition) is 2. The molecule has 2 rings (SSSR count). The summed E-state index contributed by atoms with van der Waals surface area (Å²) in [6.07, 6.45) is -4.10. The molecule has 1 aromatic heterocycles. The van der Waals surface area contributed by atoms with Gasteiger partial charge in [-0.1, -0.05) is 20.8 Å². The van der Waals surface area contributed by atoms with Gasteiger partial charge in [-0.2, -0.15) is 13.2 Å². The van der Waals surface area contributed by atoms with Crippen molar-refractivity contribution in [3.8, 4) is 0 Å².